The lowest BCUT2D eigenvalue weighted by Crippen LogP contribution is -2.46. The molecule has 1 saturated heterocycles. The molecule has 2 nitrogen and oxygen atoms in total. The smallest absolute Gasteiger partial charge is 0.0746 e. The minimum absolute atomic E-state index is 0.435. The Balaban J connectivity index is 2.26. The molecular formula is C11H23NO. The van der Waals surface area contributed by atoms with Crippen molar-refractivity contribution < 1.29 is 5.11 Å². The van der Waals surface area contributed by atoms with Crippen molar-refractivity contribution in [3.63, 3.8) is 0 Å². The van der Waals surface area contributed by atoms with Crippen LogP contribution in [0.1, 0.15) is 40.0 Å². The van der Waals surface area contributed by atoms with Crippen LogP contribution in [0.3, 0.4) is 0 Å². The van der Waals surface area contributed by atoms with E-state index in [0.717, 1.165) is 31.8 Å². The van der Waals surface area contributed by atoms with Crippen molar-refractivity contribution in [2.45, 2.75) is 45.6 Å². The van der Waals surface area contributed by atoms with Gasteiger partial charge in [0.2, 0.25) is 0 Å². The Morgan fingerprint density at radius 1 is 1.46 bits per heavy atom. The van der Waals surface area contributed by atoms with E-state index in [2.05, 4.69) is 18.7 Å². The SMILES string of the molecule is CC(C)CCN1CCCC(C)(O)C1. The van der Waals surface area contributed by atoms with Gasteiger partial charge in [-0.1, -0.05) is 13.8 Å². The van der Waals surface area contributed by atoms with Gasteiger partial charge in [-0.3, -0.25) is 0 Å². The molecule has 1 unspecified atom stereocenters. The fourth-order valence-corrected chi connectivity index (χ4v) is 1.95. The lowest BCUT2D eigenvalue weighted by atomic mass is 9.95. The van der Waals surface area contributed by atoms with E-state index in [1.165, 1.54) is 13.0 Å². The van der Waals surface area contributed by atoms with Gasteiger partial charge in [-0.2, -0.15) is 0 Å². The molecule has 1 N–H and O–H groups in total. The van der Waals surface area contributed by atoms with E-state index in [1.54, 1.807) is 0 Å². The number of hydrogen-bond donors (Lipinski definition) is 1. The highest BCUT2D eigenvalue weighted by molar-refractivity contribution is 4.82. The zero-order valence-electron chi connectivity index (χ0n) is 9.21. The van der Waals surface area contributed by atoms with Gasteiger partial charge < -0.3 is 10.0 Å². The Labute approximate surface area is 81.9 Å². The van der Waals surface area contributed by atoms with E-state index in [9.17, 15) is 5.11 Å². The van der Waals surface area contributed by atoms with Crippen LogP contribution in [0.4, 0.5) is 0 Å². The van der Waals surface area contributed by atoms with Gasteiger partial charge in [0, 0.05) is 6.54 Å². The third kappa shape index (κ3) is 4.10. The Bertz CT molecular complexity index is 154. The summed E-state index contributed by atoms with van der Waals surface area (Å²) in [5.74, 6) is 0.770. The second-order valence-electron chi connectivity index (χ2n) is 5.06. The minimum Gasteiger partial charge on any atom is -0.389 e. The average molecular weight is 185 g/mol. The fraction of sp³-hybridized carbons (Fsp3) is 1.00. The van der Waals surface area contributed by atoms with Gasteiger partial charge in [0.25, 0.3) is 0 Å². The number of piperidine rings is 1. The zero-order chi connectivity index (χ0) is 9.90. The average Bonchev–Trinajstić information content (AvgIpc) is 1.99. The summed E-state index contributed by atoms with van der Waals surface area (Å²) in [5.41, 5.74) is -0.435. The largest absolute Gasteiger partial charge is 0.389 e. The summed E-state index contributed by atoms with van der Waals surface area (Å²) in [6.07, 6.45) is 3.35. The molecule has 78 valence electrons. The molecule has 0 aromatic carbocycles. The first-order valence-corrected chi connectivity index (χ1v) is 5.44. The van der Waals surface area contributed by atoms with Gasteiger partial charge in [0.1, 0.15) is 0 Å². The molecule has 0 saturated carbocycles. The number of nitrogens with zero attached hydrogens (tertiary/aromatic N) is 1. The molecule has 0 spiro atoms. The Morgan fingerprint density at radius 2 is 2.15 bits per heavy atom. The third-order valence-electron chi connectivity index (χ3n) is 2.78. The third-order valence-corrected chi connectivity index (χ3v) is 2.78. The molecule has 1 atom stereocenters. The van der Waals surface area contributed by atoms with Gasteiger partial charge in [-0.05, 0) is 45.2 Å². The van der Waals surface area contributed by atoms with Crippen LogP contribution in [0.2, 0.25) is 0 Å². The van der Waals surface area contributed by atoms with Crippen molar-refractivity contribution in [3.8, 4) is 0 Å². The lowest BCUT2D eigenvalue weighted by Gasteiger charge is -2.37. The molecule has 0 radical (unpaired) electrons. The summed E-state index contributed by atoms with van der Waals surface area (Å²) in [5, 5.41) is 9.87. The van der Waals surface area contributed by atoms with E-state index in [1.807, 2.05) is 6.92 Å². The molecule has 1 heterocycles. The molecule has 0 aromatic heterocycles. The van der Waals surface area contributed by atoms with Crippen molar-refractivity contribution in [3.05, 3.63) is 0 Å². The van der Waals surface area contributed by atoms with Gasteiger partial charge in [0.05, 0.1) is 5.60 Å². The summed E-state index contributed by atoms with van der Waals surface area (Å²) in [7, 11) is 0. The van der Waals surface area contributed by atoms with Crippen LogP contribution in [0, 0.1) is 5.92 Å². The first-order chi connectivity index (χ1) is 5.99. The predicted octanol–water partition coefficient (Wildman–Crippen LogP) is 1.88. The predicted molar refractivity (Wildman–Crippen MR) is 55.8 cm³/mol. The minimum atomic E-state index is -0.435. The lowest BCUT2D eigenvalue weighted by molar-refractivity contribution is -0.0165. The van der Waals surface area contributed by atoms with E-state index in [4.69, 9.17) is 0 Å². The Kier molecular flexibility index (Phi) is 3.74. The summed E-state index contributed by atoms with van der Waals surface area (Å²) < 4.78 is 0. The molecule has 13 heavy (non-hydrogen) atoms. The number of rotatable bonds is 3. The van der Waals surface area contributed by atoms with E-state index in [0.29, 0.717) is 0 Å². The van der Waals surface area contributed by atoms with E-state index >= 15 is 0 Å². The number of β-amino-alcohol motifs (C(OH)–C–C–N with tert-alkyl or cyclic N) is 1. The Morgan fingerprint density at radius 3 is 2.69 bits per heavy atom. The van der Waals surface area contributed by atoms with Crippen molar-refractivity contribution in [2.24, 2.45) is 5.92 Å². The van der Waals surface area contributed by atoms with Gasteiger partial charge >= 0.3 is 0 Å². The van der Waals surface area contributed by atoms with Crippen LogP contribution < -0.4 is 0 Å². The molecular weight excluding hydrogens is 162 g/mol. The van der Waals surface area contributed by atoms with Crippen molar-refractivity contribution in [1.82, 2.24) is 4.90 Å². The number of hydrogen-bond acceptors (Lipinski definition) is 2. The first-order valence-electron chi connectivity index (χ1n) is 5.44. The standard InChI is InChI=1S/C11H23NO/c1-10(2)5-8-12-7-4-6-11(3,13)9-12/h10,13H,4-9H2,1-3H3. The molecule has 0 bridgehead atoms. The normalized spacial score (nSPS) is 31.2. The number of aliphatic hydroxyl groups is 1. The van der Waals surface area contributed by atoms with Crippen molar-refractivity contribution in [1.29, 1.82) is 0 Å². The summed E-state index contributed by atoms with van der Waals surface area (Å²) in [6, 6.07) is 0. The highest BCUT2D eigenvalue weighted by Crippen LogP contribution is 2.20. The maximum absolute atomic E-state index is 9.87. The van der Waals surface area contributed by atoms with Crippen LogP contribution in [0.15, 0.2) is 0 Å². The highest BCUT2D eigenvalue weighted by atomic mass is 16.3. The van der Waals surface area contributed by atoms with E-state index < -0.39 is 5.60 Å². The molecule has 0 aromatic rings. The maximum Gasteiger partial charge on any atom is 0.0746 e. The van der Waals surface area contributed by atoms with Gasteiger partial charge in [0.15, 0.2) is 0 Å². The summed E-state index contributed by atoms with van der Waals surface area (Å²) in [4.78, 5) is 2.39. The van der Waals surface area contributed by atoms with E-state index in [-0.39, 0.29) is 0 Å². The molecule has 2 heteroatoms. The van der Waals surface area contributed by atoms with Crippen LogP contribution in [0.25, 0.3) is 0 Å². The monoisotopic (exact) mass is 185 g/mol. The fourth-order valence-electron chi connectivity index (χ4n) is 1.95. The number of likely N-dealkylation sites (tertiary alicyclic amines) is 1. The molecule has 1 aliphatic rings. The van der Waals surface area contributed by atoms with Gasteiger partial charge in [-0.15, -0.1) is 0 Å². The molecule has 1 rings (SSSR count). The topological polar surface area (TPSA) is 23.5 Å². The summed E-state index contributed by atoms with van der Waals surface area (Å²) in [6.45, 7) is 9.63. The van der Waals surface area contributed by atoms with Crippen molar-refractivity contribution in [2.75, 3.05) is 19.6 Å². The second-order valence-corrected chi connectivity index (χ2v) is 5.06. The van der Waals surface area contributed by atoms with Crippen LogP contribution in [-0.4, -0.2) is 35.2 Å². The van der Waals surface area contributed by atoms with Crippen LogP contribution in [0.5, 0.6) is 0 Å². The zero-order valence-corrected chi connectivity index (χ0v) is 9.21. The van der Waals surface area contributed by atoms with Crippen LogP contribution in [-0.2, 0) is 0 Å². The highest BCUT2D eigenvalue weighted by Gasteiger charge is 2.27. The molecule has 0 aliphatic carbocycles. The van der Waals surface area contributed by atoms with Gasteiger partial charge in [-0.25, -0.2) is 0 Å². The Hall–Kier alpha value is -0.0800. The van der Waals surface area contributed by atoms with Crippen LogP contribution >= 0.6 is 0 Å². The molecule has 1 fully saturated rings. The second kappa shape index (κ2) is 4.43. The molecule has 1 aliphatic heterocycles. The van der Waals surface area contributed by atoms with Crippen molar-refractivity contribution >= 4 is 0 Å². The molecule has 0 amide bonds. The first kappa shape index (κ1) is 11.0. The maximum atomic E-state index is 9.87. The quantitative estimate of drug-likeness (QED) is 0.725. The summed E-state index contributed by atoms with van der Waals surface area (Å²) >= 11 is 0.